The highest BCUT2D eigenvalue weighted by Crippen LogP contribution is 2.20. The molecule has 2 N–H and O–H groups in total. The molecule has 0 bridgehead atoms. The van der Waals surface area contributed by atoms with Gasteiger partial charge in [-0.25, -0.2) is 0 Å². The first-order valence-corrected chi connectivity index (χ1v) is 7.98. The lowest BCUT2D eigenvalue weighted by Crippen LogP contribution is -2.55. The lowest BCUT2D eigenvalue weighted by molar-refractivity contribution is -0.129. The van der Waals surface area contributed by atoms with Gasteiger partial charge in [-0.15, -0.1) is 12.4 Å². The van der Waals surface area contributed by atoms with Crippen molar-refractivity contribution in [3.8, 4) is 5.75 Å². The number of benzene rings is 2. The SMILES string of the molecule is C[C@H]1OCCN[C@@H]1C(=O)NCCOc1ccc2ccccc2c1.Cl. The molecular weight excluding hydrogens is 328 g/mol. The predicted octanol–water partition coefficient (Wildman–Crippen LogP) is 2.13. The van der Waals surface area contributed by atoms with Crippen molar-refractivity contribution in [3.63, 3.8) is 0 Å². The summed E-state index contributed by atoms with van der Waals surface area (Å²) in [4.78, 5) is 12.1. The maximum atomic E-state index is 12.1. The third-order valence-electron chi connectivity index (χ3n) is 3.99. The van der Waals surface area contributed by atoms with Gasteiger partial charge in [-0.3, -0.25) is 4.79 Å². The maximum absolute atomic E-state index is 12.1. The van der Waals surface area contributed by atoms with Crippen LogP contribution < -0.4 is 15.4 Å². The van der Waals surface area contributed by atoms with Crippen molar-refractivity contribution >= 4 is 29.1 Å². The fourth-order valence-corrected chi connectivity index (χ4v) is 2.74. The summed E-state index contributed by atoms with van der Waals surface area (Å²) in [6, 6.07) is 13.9. The number of rotatable bonds is 5. The Bertz CT molecular complexity index is 680. The Kier molecular flexibility index (Phi) is 6.85. The minimum atomic E-state index is -0.288. The van der Waals surface area contributed by atoms with Crippen LogP contribution in [-0.4, -0.2) is 44.4 Å². The van der Waals surface area contributed by atoms with Gasteiger partial charge in [0.2, 0.25) is 5.91 Å². The molecular formula is C18H23ClN2O3. The predicted molar refractivity (Wildman–Crippen MR) is 96.9 cm³/mol. The number of halogens is 1. The summed E-state index contributed by atoms with van der Waals surface area (Å²) in [5.41, 5.74) is 0. The molecule has 2 aromatic carbocycles. The molecule has 1 aliphatic rings. The quantitative estimate of drug-likeness (QED) is 0.811. The van der Waals surface area contributed by atoms with Gasteiger partial charge in [0.25, 0.3) is 0 Å². The molecule has 0 unspecified atom stereocenters. The van der Waals surface area contributed by atoms with E-state index >= 15 is 0 Å². The van der Waals surface area contributed by atoms with Gasteiger partial charge < -0.3 is 20.1 Å². The summed E-state index contributed by atoms with van der Waals surface area (Å²) in [6.45, 7) is 4.16. The van der Waals surface area contributed by atoms with Gasteiger partial charge in [-0.2, -0.15) is 0 Å². The van der Waals surface area contributed by atoms with Crippen molar-refractivity contribution in [1.82, 2.24) is 10.6 Å². The molecule has 0 spiro atoms. The Hall–Kier alpha value is -1.82. The highest BCUT2D eigenvalue weighted by Gasteiger charge is 2.27. The van der Waals surface area contributed by atoms with E-state index in [0.29, 0.717) is 26.3 Å². The van der Waals surface area contributed by atoms with E-state index in [-0.39, 0.29) is 30.5 Å². The van der Waals surface area contributed by atoms with E-state index in [1.54, 1.807) is 0 Å². The van der Waals surface area contributed by atoms with Gasteiger partial charge in [0.05, 0.1) is 19.3 Å². The number of fused-ring (bicyclic) bond motifs is 1. The number of ether oxygens (including phenoxy) is 2. The molecule has 5 nitrogen and oxygen atoms in total. The number of nitrogens with one attached hydrogen (secondary N) is 2. The first-order chi connectivity index (χ1) is 11.2. The van der Waals surface area contributed by atoms with Gasteiger partial charge in [-0.05, 0) is 29.8 Å². The number of morpholine rings is 1. The molecule has 6 heteroatoms. The second-order valence-electron chi connectivity index (χ2n) is 5.66. The van der Waals surface area contributed by atoms with Crippen LogP contribution in [0.3, 0.4) is 0 Å². The second kappa shape index (κ2) is 8.87. The number of amides is 1. The van der Waals surface area contributed by atoms with Crippen molar-refractivity contribution in [1.29, 1.82) is 0 Å². The highest BCUT2D eigenvalue weighted by atomic mass is 35.5. The summed E-state index contributed by atoms with van der Waals surface area (Å²) in [7, 11) is 0. The van der Waals surface area contributed by atoms with Gasteiger partial charge in [-0.1, -0.05) is 30.3 Å². The summed E-state index contributed by atoms with van der Waals surface area (Å²) in [5.74, 6) is 0.768. The molecule has 24 heavy (non-hydrogen) atoms. The monoisotopic (exact) mass is 350 g/mol. The van der Waals surface area contributed by atoms with Crippen LogP contribution in [0.4, 0.5) is 0 Å². The fraction of sp³-hybridized carbons (Fsp3) is 0.389. The van der Waals surface area contributed by atoms with Crippen LogP contribution in [0.5, 0.6) is 5.75 Å². The van der Waals surface area contributed by atoms with Crippen molar-refractivity contribution in [2.45, 2.75) is 19.1 Å². The summed E-state index contributed by atoms with van der Waals surface area (Å²) >= 11 is 0. The molecule has 1 fully saturated rings. The first-order valence-electron chi connectivity index (χ1n) is 7.98. The summed E-state index contributed by atoms with van der Waals surface area (Å²) in [6.07, 6.45) is -0.106. The third-order valence-corrected chi connectivity index (χ3v) is 3.99. The lowest BCUT2D eigenvalue weighted by atomic mass is 10.1. The van der Waals surface area contributed by atoms with Crippen LogP contribution in [0.1, 0.15) is 6.92 Å². The molecule has 3 rings (SSSR count). The van der Waals surface area contributed by atoms with Crippen LogP contribution in [0.25, 0.3) is 10.8 Å². The Balaban J connectivity index is 0.00000208. The van der Waals surface area contributed by atoms with Crippen molar-refractivity contribution < 1.29 is 14.3 Å². The average molecular weight is 351 g/mol. The molecule has 1 amide bonds. The molecule has 2 atom stereocenters. The van der Waals surface area contributed by atoms with E-state index in [1.165, 1.54) is 5.39 Å². The smallest absolute Gasteiger partial charge is 0.239 e. The minimum absolute atomic E-state index is 0. The van der Waals surface area contributed by atoms with Gasteiger partial charge in [0.1, 0.15) is 18.4 Å². The molecule has 2 aromatic rings. The summed E-state index contributed by atoms with van der Waals surface area (Å²) in [5, 5.41) is 8.38. The van der Waals surface area contributed by atoms with E-state index in [1.807, 2.05) is 37.3 Å². The Morgan fingerprint density at radius 1 is 1.29 bits per heavy atom. The summed E-state index contributed by atoms with van der Waals surface area (Å²) < 4.78 is 11.2. The normalized spacial score (nSPS) is 20.2. The maximum Gasteiger partial charge on any atom is 0.239 e. The molecule has 0 aliphatic carbocycles. The van der Waals surface area contributed by atoms with E-state index in [9.17, 15) is 4.79 Å². The minimum Gasteiger partial charge on any atom is -0.492 e. The van der Waals surface area contributed by atoms with E-state index < -0.39 is 0 Å². The van der Waals surface area contributed by atoms with E-state index in [0.717, 1.165) is 11.1 Å². The topological polar surface area (TPSA) is 59.6 Å². The number of hydrogen-bond acceptors (Lipinski definition) is 4. The fourth-order valence-electron chi connectivity index (χ4n) is 2.74. The lowest BCUT2D eigenvalue weighted by Gasteiger charge is -2.29. The van der Waals surface area contributed by atoms with Crippen LogP contribution >= 0.6 is 12.4 Å². The molecule has 0 aromatic heterocycles. The zero-order chi connectivity index (χ0) is 16.1. The standard InChI is InChI=1S/C18H22N2O3.ClH/c1-13-17(19-8-10-22-13)18(21)20-9-11-23-16-7-6-14-4-2-3-5-15(14)12-16;/h2-7,12-13,17,19H,8-11H2,1H3,(H,20,21);1H/t13-,17+;/m1./s1. The van der Waals surface area contributed by atoms with Crippen LogP contribution in [0, 0.1) is 0 Å². The zero-order valence-corrected chi connectivity index (χ0v) is 14.5. The Morgan fingerprint density at radius 3 is 2.88 bits per heavy atom. The molecule has 0 saturated carbocycles. The van der Waals surface area contributed by atoms with Crippen LogP contribution in [-0.2, 0) is 9.53 Å². The number of carbonyl (C=O) groups is 1. The molecule has 0 radical (unpaired) electrons. The van der Waals surface area contributed by atoms with E-state index in [2.05, 4.69) is 22.8 Å². The van der Waals surface area contributed by atoms with Crippen molar-refractivity contribution in [3.05, 3.63) is 42.5 Å². The van der Waals surface area contributed by atoms with Crippen molar-refractivity contribution in [2.75, 3.05) is 26.3 Å². The van der Waals surface area contributed by atoms with E-state index in [4.69, 9.17) is 9.47 Å². The Morgan fingerprint density at radius 2 is 2.08 bits per heavy atom. The zero-order valence-electron chi connectivity index (χ0n) is 13.7. The third kappa shape index (κ3) is 4.60. The van der Waals surface area contributed by atoms with Crippen LogP contribution in [0.15, 0.2) is 42.5 Å². The second-order valence-corrected chi connectivity index (χ2v) is 5.66. The highest BCUT2D eigenvalue weighted by molar-refractivity contribution is 5.85. The molecule has 1 aliphatic heterocycles. The van der Waals surface area contributed by atoms with Gasteiger partial charge >= 0.3 is 0 Å². The number of hydrogen-bond donors (Lipinski definition) is 2. The van der Waals surface area contributed by atoms with Crippen molar-refractivity contribution in [2.24, 2.45) is 0 Å². The molecule has 1 heterocycles. The largest absolute Gasteiger partial charge is 0.492 e. The average Bonchev–Trinajstić information content (AvgIpc) is 2.59. The van der Waals surface area contributed by atoms with Crippen LogP contribution in [0.2, 0.25) is 0 Å². The molecule has 130 valence electrons. The van der Waals surface area contributed by atoms with Gasteiger partial charge in [0, 0.05) is 6.54 Å². The molecule has 1 saturated heterocycles. The van der Waals surface area contributed by atoms with Gasteiger partial charge in [0.15, 0.2) is 0 Å². The number of carbonyl (C=O) groups excluding carboxylic acids is 1. The Labute approximate surface area is 148 Å². The first kappa shape index (κ1) is 18.5.